The minimum atomic E-state index is -0.0215. The smallest absolute Gasteiger partial charge is 0.265 e. The number of carbonyl (C=O) groups excluding carboxylic acids is 1. The summed E-state index contributed by atoms with van der Waals surface area (Å²) in [5.41, 5.74) is 1.09. The lowest BCUT2D eigenvalue weighted by Gasteiger charge is -1.99. The van der Waals surface area contributed by atoms with Crippen LogP contribution in [0.2, 0.25) is 0 Å². The fourth-order valence-electron chi connectivity index (χ4n) is 3.18. The minimum absolute atomic E-state index is 0.0215. The van der Waals surface area contributed by atoms with E-state index in [0.717, 1.165) is 19.3 Å². The van der Waals surface area contributed by atoms with Crippen molar-refractivity contribution in [2.45, 2.75) is 90.4 Å². The predicted octanol–water partition coefficient (Wildman–Crippen LogP) is 7.05. The van der Waals surface area contributed by atoms with Crippen LogP contribution in [0.25, 0.3) is 11.2 Å². The van der Waals surface area contributed by atoms with E-state index in [1.165, 1.54) is 57.8 Å². The highest BCUT2D eigenvalue weighted by Crippen LogP contribution is 2.15. The number of Topliss-reactive ketones (excluding diaryl/α,β-unsaturated/α-hetero) is 1. The van der Waals surface area contributed by atoms with Gasteiger partial charge >= 0.3 is 0 Å². The van der Waals surface area contributed by atoms with Gasteiger partial charge in [0.05, 0.1) is 0 Å². The molecule has 148 valence electrons. The Balaban J connectivity index is 1.45. The zero-order valence-electron chi connectivity index (χ0n) is 16.8. The maximum Gasteiger partial charge on any atom is 0.265 e. The first kappa shape index (κ1) is 21.3. The lowest BCUT2D eigenvalue weighted by atomic mass is 10.1. The number of nitrogens with zero attached hydrogens (tertiary/aromatic N) is 2. The molecule has 0 N–H and O–H groups in total. The normalized spacial score (nSPS) is 11.6. The van der Waals surface area contributed by atoms with Gasteiger partial charge in [-0.2, -0.15) is 0 Å². The molecular weight excluding hydrogens is 336 g/mol. The van der Waals surface area contributed by atoms with E-state index in [-0.39, 0.29) is 11.7 Å². The third-order valence-electron chi connectivity index (χ3n) is 4.82. The van der Waals surface area contributed by atoms with Gasteiger partial charge in [-0.1, -0.05) is 64.0 Å². The second-order valence-electron chi connectivity index (χ2n) is 7.25. The number of aromatic nitrogens is 2. The monoisotopic (exact) mass is 370 g/mol. The molecule has 2 rings (SSSR count). The lowest BCUT2D eigenvalue weighted by Crippen LogP contribution is -1.98. The number of rotatable bonds is 15. The molecule has 0 spiro atoms. The fourth-order valence-corrected chi connectivity index (χ4v) is 3.18. The van der Waals surface area contributed by atoms with Crippen molar-refractivity contribution < 1.29 is 9.21 Å². The Labute approximate surface area is 163 Å². The molecule has 0 bridgehead atoms. The molecule has 0 saturated carbocycles. The third-order valence-corrected chi connectivity index (χ3v) is 4.82. The average Bonchev–Trinajstić information content (AvgIpc) is 3.12. The van der Waals surface area contributed by atoms with Crippen LogP contribution in [0.4, 0.5) is 0 Å². The van der Waals surface area contributed by atoms with Gasteiger partial charge in [0.1, 0.15) is 5.52 Å². The van der Waals surface area contributed by atoms with Crippen LogP contribution < -0.4 is 0 Å². The molecule has 0 aliphatic carbocycles. The molecule has 0 unspecified atom stereocenters. The van der Waals surface area contributed by atoms with Crippen molar-refractivity contribution in [1.82, 2.24) is 9.97 Å². The molecule has 2 aromatic rings. The number of carbonyl (C=O) groups is 1. The Morgan fingerprint density at radius 3 is 2.33 bits per heavy atom. The number of hydrogen-bond acceptors (Lipinski definition) is 4. The first-order chi connectivity index (χ1) is 13.3. The predicted molar refractivity (Wildman–Crippen MR) is 111 cm³/mol. The summed E-state index contributed by atoms with van der Waals surface area (Å²) >= 11 is 0. The van der Waals surface area contributed by atoms with Crippen molar-refractivity contribution >= 4 is 17.0 Å². The second kappa shape index (κ2) is 13.2. The van der Waals surface area contributed by atoms with Gasteiger partial charge in [-0.3, -0.25) is 4.79 Å². The maximum atomic E-state index is 12.1. The summed E-state index contributed by atoms with van der Waals surface area (Å²) < 4.78 is 5.42. The van der Waals surface area contributed by atoms with Crippen LogP contribution in [-0.2, 0) is 0 Å². The summed E-state index contributed by atoms with van der Waals surface area (Å²) in [7, 11) is 0. The molecule has 0 aliphatic rings. The molecule has 0 atom stereocenters. The summed E-state index contributed by atoms with van der Waals surface area (Å²) in [5, 5.41) is 0. The van der Waals surface area contributed by atoms with Crippen LogP contribution in [0, 0.1) is 0 Å². The van der Waals surface area contributed by atoms with E-state index in [9.17, 15) is 4.79 Å². The van der Waals surface area contributed by atoms with Crippen LogP contribution in [0.5, 0.6) is 0 Å². The Morgan fingerprint density at radius 2 is 1.63 bits per heavy atom. The highest BCUT2D eigenvalue weighted by Gasteiger charge is 2.14. The summed E-state index contributed by atoms with van der Waals surface area (Å²) in [6.07, 6.45) is 21.7. The topological polar surface area (TPSA) is 56.0 Å². The van der Waals surface area contributed by atoms with Gasteiger partial charge in [-0.15, -0.1) is 0 Å². The van der Waals surface area contributed by atoms with Gasteiger partial charge in [0, 0.05) is 12.6 Å². The average molecular weight is 371 g/mol. The number of pyridine rings is 1. The number of oxazole rings is 1. The van der Waals surface area contributed by atoms with Gasteiger partial charge in [0.2, 0.25) is 11.5 Å². The van der Waals surface area contributed by atoms with Crippen molar-refractivity contribution in [3.8, 4) is 0 Å². The number of ketones is 1. The molecule has 0 aromatic carbocycles. The zero-order valence-corrected chi connectivity index (χ0v) is 16.8. The van der Waals surface area contributed by atoms with Crippen molar-refractivity contribution in [3.05, 3.63) is 36.4 Å². The SMILES string of the molecule is CCCCCCCC/C=C\CCCCCCC(=O)c1nc2cccnc2o1. The standard InChI is InChI=1S/C23H34N2O2/c1-2-3-4-5-6-7-8-9-10-11-12-13-14-15-18-21(26)23-25-20-17-16-19-24-22(20)27-23/h9-10,16-17,19H,2-8,11-15,18H2,1H3/b10-9-. The van der Waals surface area contributed by atoms with Crippen LogP contribution in [0.15, 0.2) is 34.9 Å². The summed E-state index contributed by atoms with van der Waals surface area (Å²) in [5.74, 6) is 0.174. The molecule has 2 aromatic heterocycles. The third kappa shape index (κ3) is 8.51. The van der Waals surface area contributed by atoms with Crippen molar-refractivity contribution in [1.29, 1.82) is 0 Å². The molecule has 2 heterocycles. The van der Waals surface area contributed by atoms with Crippen molar-refractivity contribution in [2.24, 2.45) is 0 Å². The van der Waals surface area contributed by atoms with Crippen LogP contribution >= 0.6 is 0 Å². The number of hydrogen-bond donors (Lipinski definition) is 0. The van der Waals surface area contributed by atoms with Crippen LogP contribution in [0.1, 0.15) is 101 Å². The largest absolute Gasteiger partial charge is 0.415 e. The number of allylic oxidation sites excluding steroid dienone is 2. The maximum absolute atomic E-state index is 12.1. The second-order valence-corrected chi connectivity index (χ2v) is 7.25. The van der Waals surface area contributed by atoms with Gasteiger partial charge in [0.25, 0.3) is 5.89 Å². The summed E-state index contributed by atoms with van der Waals surface area (Å²) in [4.78, 5) is 20.4. The summed E-state index contributed by atoms with van der Waals surface area (Å²) in [6, 6.07) is 3.60. The van der Waals surface area contributed by atoms with Crippen LogP contribution in [0.3, 0.4) is 0 Å². The van der Waals surface area contributed by atoms with E-state index >= 15 is 0 Å². The fraction of sp³-hybridized carbons (Fsp3) is 0.609. The van der Waals surface area contributed by atoms with E-state index in [1.807, 2.05) is 6.07 Å². The van der Waals surface area contributed by atoms with E-state index in [4.69, 9.17) is 4.42 Å². The Kier molecular flexibility index (Phi) is 10.5. The molecule has 4 nitrogen and oxygen atoms in total. The lowest BCUT2D eigenvalue weighted by molar-refractivity contribution is 0.0947. The van der Waals surface area contributed by atoms with Crippen LogP contribution in [-0.4, -0.2) is 15.8 Å². The molecule has 0 amide bonds. The van der Waals surface area contributed by atoms with E-state index < -0.39 is 0 Å². The Morgan fingerprint density at radius 1 is 0.963 bits per heavy atom. The Bertz CT molecular complexity index is 657. The quantitative estimate of drug-likeness (QED) is 0.191. The van der Waals surface area contributed by atoms with Crippen molar-refractivity contribution in [2.75, 3.05) is 0 Å². The molecule has 0 saturated heterocycles. The Hall–Kier alpha value is -1.97. The van der Waals surface area contributed by atoms with Crippen molar-refractivity contribution in [3.63, 3.8) is 0 Å². The van der Waals surface area contributed by atoms with Gasteiger partial charge in [-0.05, 0) is 44.2 Å². The van der Waals surface area contributed by atoms with Gasteiger partial charge in [0.15, 0.2) is 0 Å². The minimum Gasteiger partial charge on any atom is -0.415 e. The van der Waals surface area contributed by atoms with Gasteiger partial charge in [-0.25, -0.2) is 9.97 Å². The molecular formula is C23H34N2O2. The molecule has 0 aliphatic heterocycles. The molecule has 27 heavy (non-hydrogen) atoms. The van der Waals surface area contributed by atoms with E-state index in [2.05, 4.69) is 29.0 Å². The molecule has 4 heteroatoms. The number of unbranched alkanes of at least 4 members (excludes halogenated alkanes) is 10. The highest BCUT2D eigenvalue weighted by atomic mass is 16.4. The summed E-state index contributed by atoms with van der Waals surface area (Å²) in [6.45, 7) is 2.26. The zero-order chi connectivity index (χ0) is 19.2. The number of fused-ring (bicyclic) bond motifs is 1. The van der Waals surface area contributed by atoms with E-state index in [0.29, 0.717) is 17.7 Å². The molecule has 0 radical (unpaired) electrons. The highest BCUT2D eigenvalue weighted by molar-refractivity contribution is 5.93. The first-order valence-electron chi connectivity index (χ1n) is 10.7. The first-order valence-corrected chi connectivity index (χ1v) is 10.7. The molecule has 0 fully saturated rings. The van der Waals surface area contributed by atoms with E-state index in [1.54, 1.807) is 12.3 Å². The van der Waals surface area contributed by atoms with Gasteiger partial charge < -0.3 is 4.42 Å².